The Morgan fingerprint density at radius 2 is 1.68 bits per heavy atom. The van der Waals surface area contributed by atoms with E-state index in [-0.39, 0.29) is 11.2 Å². The molecule has 150 valence electrons. The van der Waals surface area contributed by atoms with E-state index >= 15 is 0 Å². The van der Waals surface area contributed by atoms with E-state index in [0.29, 0.717) is 19.8 Å². The molecule has 0 bridgehead atoms. The van der Waals surface area contributed by atoms with Crippen LogP contribution in [0.4, 0.5) is 13.2 Å². The van der Waals surface area contributed by atoms with Gasteiger partial charge in [-0.25, -0.2) is 0 Å². The zero-order valence-corrected chi connectivity index (χ0v) is 15.3. The van der Waals surface area contributed by atoms with Crippen LogP contribution in [0.3, 0.4) is 0 Å². The maximum absolute atomic E-state index is 13.0. The lowest BCUT2D eigenvalue weighted by Crippen LogP contribution is -2.45. The van der Waals surface area contributed by atoms with Gasteiger partial charge in [-0.05, 0) is 30.5 Å². The first-order chi connectivity index (χ1) is 13.4. The Morgan fingerprint density at radius 1 is 1.04 bits per heavy atom. The van der Waals surface area contributed by atoms with Crippen molar-refractivity contribution in [3.05, 3.63) is 65.7 Å². The summed E-state index contributed by atoms with van der Waals surface area (Å²) in [6, 6.07) is 14.7. The number of nitrogens with one attached hydrogen (secondary N) is 1. The average molecular weight is 393 g/mol. The maximum Gasteiger partial charge on any atom is 0.419 e. The summed E-state index contributed by atoms with van der Waals surface area (Å²) in [5.41, 5.74) is -0.0334. The minimum absolute atomic E-state index is 0.251. The summed E-state index contributed by atoms with van der Waals surface area (Å²) in [5.74, 6) is -0.812. The highest BCUT2D eigenvalue weighted by molar-refractivity contribution is 5.77. The summed E-state index contributed by atoms with van der Waals surface area (Å²) < 4.78 is 49.6. The van der Waals surface area contributed by atoms with Crippen molar-refractivity contribution in [2.75, 3.05) is 26.4 Å². The van der Waals surface area contributed by atoms with Gasteiger partial charge in [0.15, 0.2) is 6.61 Å². The van der Waals surface area contributed by atoms with Gasteiger partial charge in [-0.2, -0.15) is 13.2 Å². The van der Waals surface area contributed by atoms with Gasteiger partial charge < -0.3 is 14.8 Å². The first-order valence-corrected chi connectivity index (χ1v) is 9.10. The van der Waals surface area contributed by atoms with Crippen LogP contribution in [0.25, 0.3) is 0 Å². The first kappa shape index (κ1) is 20.2. The Balaban J connectivity index is 1.62. The van der Waals surface area contributed by atoms with Crippen LogP contribution in [0, 0.1) is 0 Å². The molecule has 7 heteroatoms. The standard InChI is InChI=1S/C21H22F3NO3/c22-21(23,24)17-8-4-5-9-18(17)28-14-19(26)25-15-20(10-12-27-13-11-20)16-6-2-1-3-7-16/h1-9H,10-15H2,(H,25,26). The number of rotatable bonds is 6. The van der Waals surface area contributed by atoms with E-state index in [1.807, 2.05) is 30.3 Å². The number of carbonyl (C=O) groups is 1. The van der Waals surface area contributed by atoms with E-state index in [1.165, 1.54) is 18.2 Å². The van der Waals surface area contributed by atoms with E-state index in [9.17, 15) is 18.0 Å². The Kier molecular flexibility index (Phi) is 6.24. The van der Waals surface area contributed by atoms with Gasteiger partial charge in [0.25, 0.3) is 5.91 Å². The average Bonchev–Trinajstić information content (AvgIpc) is 2.71. The molecule has 0 atom stereocenters. The number of carbonyl (C=O) groups excluding carboxylic acids is 1. The topological polar surface area (TPSA) is 47.6 Å². The summed E-state index contributed by atoms with van der Waals surface area (Å²) in [4.78, 5) is 12.2. The van der Waals surface area contributed by atoms with Crippen LogP contribution in [-0.4, -0.2) is 32.3 Å². The molecule has 4 nitrogen and oxygen atoms in total. The molecule has 1 saturated heterocycles. The second kappa shape index (κ2) is 8.65. The van der Waals surface area contributed by atoms with Crippen LogP contribution in [0.5, 0.6) is 5.75 Å². The molecule has 1 aliphatic rings. The fraction of sp³-hybridized carbons (Fsp3) is 0.381. The molecule has 3 rings (SSSR count). The molecular formula is C21H22F3NO3. The zero-order chi connectivity index (χ0) is 20.0. The molecule has 0 unspecified atom stereocenters. The third kappa shape index (κ3) is 4.84. The summed E-state index contributed by atoms with van der Waals surface area (Å²) in [6.07, 6.45) is -3.02. The molecule has 0 aromatic heterocycles. The number of halogens is 3. The summed E-state index contributed by atoms with van der Waals surface area (Å²) in [7, 11) is 0. The Hall–Kier alpha value is -2.54. The van der Waals surface area contributed by atoms with E-state index in [0.717, 1.165) is 24.5 Å². The van der Waals surface area contributed by atoms with Crippen LogP contribution < -0.4 is 10.1 Å². The van der Waals surface area contributed by atoms with Gasteiger partial charge in [-0.15, -0.1) is 0 Å². The normalized spacial score (nSPS) is 16.4. The number of alkyl halides is 3. The molecule has 2 aromatic carbocycles. The fourth-order valence-corrected chi connectivity index (χ4v) is 3.41. The minimum atomic E-state index is -4.54. The maximum atomic E-state index is 13.0. The predicted molar refractivity (Wildman–Crippen MR) is 98.1 cm³/mol. The molecule has 0 saturated carbocycles. The predicted octanol–water partition coefficient (Wildman–Crippen LogP) is 3.95. The van der Waals surface area contributed by atoms with Crippen molar-refractivity contribution >= 4 is 5.91 Å². The van der Waals surface area contributed by atoms with Crippen molar-refractivity contribution < 1.29 is 27.4 Å². The van der Waals surface area contributed by atoms with Crippen LogP contribution >= 0.6 is 0 Å². The molecule has 0 aliphatic carbocycles. The summed E-state index contributed by atoms with van der Waals surface area (Å²) >= 11 is 0. The number of ether oxygens (including phenoxy) is 2. The summed E-state index contributed by atoms with van der Waals surface area (Å²) in [6.45, 7) is 1.10. The van der Waals surface area contributed by atoms with E-state index < -0.39 is 24.3 Å². The van der Waals surface area contributed by atoms with Crippen LogP contribution in [0.15, 0.2) is 54.6 Å². The lowest BCUT2D eigenvalue weighted by atomic mass is 9.74. The van der Waals surface area contributed by atoms with Crippen LogP contribution in [0.2, 0.25) is 0 Å². The quantitative estimate of drug-likeness (QED) is 0.809. The van der Waals surface area contributed by atoms with Gasteiger partial charge in [0.1, 0.15) is 5.75 Å². The lowest BCUT2D eigenvalue weighted by molar-refractivity contribution is -0.139. The van der Waals surface area contributed by atoms with Gasteiger partial charge in [-0.1, -0.05) is 42.5 Å². The minimum Gasteiger partial charge on any atom is -0.483 e. The van der Waals surface area contributed by atoms with Crippen molar-refractivity contribution in [2.45, 2.75) is 24.4 Å². The third-order valence-corrected chi connectivity index (χ3v) is 5.01. The fourth-order valence-electron chi connectivity index (χ4n) is 3.41. The second-order valence-electron chi connectivity index (χ2n) is 6.82. The van der Waals surface area contributed by atoms with Crippen molar-refractivity contribution in [3.63, 3.8) is 0 Å². The largest absolute Gasteiger partial charge is 0.483 e. The van der Waals surface area contributed by atoms with Crippen molar-refractivity contribution in [1.29, 1.82) is 0 Å². The number of para-hydroxylation sites is 1. The van der Waals surface area contributed by atoms with E-state index in [2.05, 4.69) is 5.32 Å². The Bertz CT molecular complexity index is 787. The molecule has 1 amide bonds. The third-order valence-electron chi connectivity index (χ3n) is 5.01. The molecule has 0 spiro atoms. The van der Waals surface area contributed by atoms with Crippen LogP contribution in [0.1, 0.15) is 24.0 Å². The highest BCUT2D eigenvalue weighted by Gasteiger charge is 2.35. The van der Waals surface area contributed by atoms with Gasteiger partial charge in [0.05, 0.1) is 5.56 Å². The molecular weight excluding hydrogens is 371 g/mol. The molecule has 1 heterocycles. The number of benzene rings is 2. The van der Waals surface area contributed by atoms with Crippen molar-refractivity contribution in [2.24, 2.45) is 0 Å². The van der Waals surface area contributed by atoms with E-state index in [4.69, 9.17) is 9.47 Å². The molecule has 1 N–H and O–H groups in total. The molecule has 0 radical (unpaired) electrons. The van der Waals surface area contributed by atoms with Gasteiger partial charge in [0, 0.05) is 25.2 Å². The molecule has 1 aliphatic heterocycles. The Morgan fingerprint density at radius 3 is 2.36 bits per heavy atom. The van der Waals surface area contributed by atoms with E-state index in [1.54, 1.807) is 0 Å². The number of hydrogen-bond acceptors (Lipinski definition) is 3. The zero-order valence-electron chi connectivity index (χ0n) is 15.3. The highest BCUT2D eigenvalue weighted by Crippen LogP contribution is 2.36. The smallest absolute Gasteiger partial charge is 0.419 e. The lowest BCUT2D eigenvalue weighted by Gasteiger charge is -2.38. The first-order valence-electron chi connectivity index (χ1n) is 9.10. The van der Waals surface area contributed by atoms with Gasteiger partial charge in [0.2, 0.25) is 0 Å². The van der Waals surface area contributed by atoms with Gasteiger partial charge >= 0.3 is 6.18 Å². The van der Waals surface area contributed by atoms with Crippen molar-refractivity contribution in [3.8, 4) is 5.75 Å². The number of amides is 1. The molecule has 1 fully saturated rings. The SMILES string of the molecule is O=C(COc1ccccc1C(F)(F)F)NCC1(c2ccccc2)CCOCC1. The Labute approximate surface area is 161 Å². The van der Waals surface area contributed by atoms with Crippen LogP contribution in [-0.2, 0) is 21.1 Å². The summed E-state index contributed by atoms with van der Waals surface area (Å²) in [5, 5.41) is 2.82. The second-order valence-corrected chi connectivity index (χ2v) is 6.82. The molecule has 2 aromatic rings. The van der Waals surface area contributed by atoms with Gasteiger partial charge in [-0.3, -0.25) is 4.79 Å². The molecule has 28 heavy (non-hydrogen) atoms. The number of hydrogen-bond donors (Lipinski definition) is 1. The van der Waals surface area contributed by atoms with Crippen molar-refractivity contribution in [1.82, 2.24) is 5.32 Å². The monoisotopic (exact) mass is 393 g/mol. The highest BCUT2D eigenvalue weighted by atomic mass is 19.4.